The van der Waals surface area contributed by atoms with E-state index in [-0.39, 0.29) is 11.4 Å². The zero-order chi connectivity index (χ0) is 19.1. The minimum atomic E-state index is -4.70. The van der Waals surface area contributed by atoms with Gasteiger partial charge in [-0.25, -0.2) is 9.50 Å². The van der Waals surface area contributed by atoms with E-state index in [1.54, 1.807) is 13.1 Å². The SMILES string of the molecule is C[C@@H](Nc1nccn2nc(Br)nc12)c1cc([N+](=O)[O-])cc(C(F)(F)F)c1. The number of nitrogens with one attached hydrogen (secondary N) is 1. The Bertz CT molecular complexity index is 990. The lowest BCUT2D eigenvalue weighted by Crippen LogP contribution is -2.12. The third kappa shape index (κ3) is 3.59. The second-order valence-corrected chi connectivity index (χ2v) is 6.07. The molecule has 1 N–H and O–H groups in total. The summed E-state index contributed by atoms with van der Waals surface area (Å²) >= 11 is 3.13. The molecular weight excluding hydrogens is 421 g/mol. The van der Waals surface area contributed by atoms with E-state index in [0.29, 0.717) is 16.4 Å². The van der Waals surface area contributed by atoms with E-state index < -0.39 is 28.4 Å². The van der Waals surface area contributed by atoms with E-state index in [9.17, 15) is 23.3 Å². The molecule has 0 saturated heterocycles. The molecule has 0 bridgehead atoms. The quantitative estimate of drug-likeness (QED) is 0.496. The number of hydrogen-bond donors (Lipinski definition) is 1. The molecular formula is C14H10BrF3N6O2. The number of nitrogens with zero attached hydrogens (tertiary/aromatic N) is 5. The number of hydrogen-bond acceptors (Lipinski definition) is 6. The summed E-state index contributed by atoms with van der Waals surface area (Å²) in [6, 6.07) is 1.76. The number of aromatic nitrogens is 4. The maximum Gasteiger partial charge on any atom is 0.416 e. The zero-order valence-corrected chi connectivity index (χ0v) is 14.6. The van der Waals surface area contributed by atoms with Crippen molar-refractivity contribution < 1.29 is 18.1 Å². The van der Waals surface area contributed by atoms with Crippen LogP contribution in [-0.4, -0.2) is 24.5 Å². The summed E-state index contributed by atoms with van der Waals surface area (Å²) in [5.41, 5.74) is -1.28. The van der Waals surface area contributed by atoms with Crippen molar-refractivity contribution in [1.82, 2.24) is 19.6 Å². The molecule has 3 aromatic rings. The van der Waals surface area contributed by atoms with Crippen LogP contribution in [0, 0.1) is 10.1 Å². The van der Waals surface area contributed by atoms with Gasteiger partial charge in [-0.1, -0.05) is 0 Å². The molecule has 0 fully saturated rings. The van der Waals surface area contributed by atoms with Gasteiger partial charge in [0.15, 0.2) is 11.5 Å². The number of fused-ring (bicyclic) bond motifs is 1. The number of nitro groups is 1. The average molecular weight is 431 g/mol. The summed E-state index contributed by atoms with van der Waals surface area (Å²) in [6.07, 6.45) is -1.70. The molecule has 0 saturated carbocycles. The molecule has 0 radical (unpaired) electrons. The number of nitro benzene ring substituents is 1. The van der Waals surface area contributed by atoms with Crippen molar-refractivity contribution in [2.75, 3.05) is 5.32 Å². The Morgan fingerprint density at radius 2 is 2.08 bits per heavy atom. The summed E-state index contributed by atoms with van der Waals surface area (Å²) < 4.78 is 40.8. The molecule has 136 valence electrons. The number of rotatable bonds is 4. The monoisotopic (exact) mass is 430 g/mol. The fourth-order valence-electron chi connectivity index (χ4n) is 2.34. The smallest absolute Gasteiger partial charge is 0.360 e. The van der Waals surface area contributed by atoms with Crippen molar-refractivity contribution in [3.05, 3.63) is 56.6 Å². The fourth-order valence-corrected chi connectivity index (χ4v) is 2.67. The largest absolute Gasteiger partial charge is 0.416 e. The molecule has 1 aromatic carbocycles. The molecule has 0 aliphatic carbocycles. The first-order chi connectivity index (χ1) is 12.1. The number of halogens is 4. The molecule has 0 unspecified atom stereocenters. The van der Waals surface area contributed by atoms with Crippen LogP contribution in [0.4, 0.5) is 24.7 Å². The maximum absolute atomic E-state index is 13.0. The van der Waals surface area contributed by atoms with Gasteiger partial charge in [0.05, 0.1) is 16.5 Å². The molecule has 8 nitrogen and oxygen atoms in total. The molecule has 2 heterocycles. The third-order valence-electron chi connectivity index (χ3n) is 3.56. The van der Waals surface area contributed by atoms with E-state index in [1.165, 1.54) is 10.7 Å². The zero-order valence-electron chi connectivity index (χ0n) is 13.0. The van der Waals surface area contributed by atoms with Crippen LogP contribution in [0.2, 0.25) is 0 Å². The van der Waals surface area contributed by atoms with Crippen LogP contribution in [0.25, 0.3) is 5.65 Å². The average Bonchev–Trinajstić information content (AvgIpc) is 2.95. The Labute approximate surface area is 152 Å². The third-order valence-corrected chi connectivity index (χ3v) is 3.90. The van der Waals surface area contributed by atoms with Crippen LogP contribution in [-0.2, 0) is 6.18 Å². The van der Waals surface area contributed by atoms with Gasteiger partial charge in [0.25, 0.3) is 5.69 Å². The van der Waals surface area contributed by atoms with Crippen molar-refractivity contribution in [3.8, 4) is 0 Å². The molecule has 3 rings (SSSR count). The van der Waals surface area contributed by atoms with Crippen molar-refractivity contribution in [1.29, 1.82) is 0 Å². The predicted octanol–water partition coefficient (Wildman–Crippen LogP) is 3.99. The maximum atomic E-state index is 13.0. The standard InChI is InChI=1S/C14H10BrF3N6O2/c1-7(20-11-12-21-13(15)22-23(12)3-2-19-11)8-4-9(14(16,17)18)6-10(5-8)24(25)26/h2-7H,1H3,(H,19,20)/t7-/m1/s1. The topological polar surface area (TPSA) is 98.2 Å². The van der Waals surface area contributed by atoms with Gasteiger partial charge in [-0.2, -0.15) is 18.2 Å². The summed E-state index contributed by atoms with van der Waals surface area (Å²) in [6.45, 7) is 1.57. The highest BCUT2D eigenvalue weighted by Crippen LogP contribution is 2.34. The van der Waals surface area contributed by atoms with Gasteiger partial charge in [-0.3, -0.25) is 10.1 Å². The van der Waals surface area contributed by atoms with Gasteiger partial charge < -0.3 is 5.32 Å². The highest BCUT2D eigenvalue weighted by molar-refractivity contribution is 9.10. The van der Waals surface area contributed by atoms with Gasteiger partial charge >= 0.3 is 6.18 Å². The van der Waals surface area contributed by atoms with Crippen molar-refractivity contribution in [2.45, 2.75) is 19.1 Å². The lowest BCUT2D eigenvalue weighted by Gasteiger charge is -2.17. The molecule has 2 aromatic heterocycles. The van der Waals surface area contributed by atoms with E-state index >= 15 is 0 Å². The Hall–Kier alpha value is -2.76. The second kappa shape index (κ2) is 6.52. The predicted molar refractivity (Wildman–Crippen MR) is 88.6 cm³/mol. The van der Waals surface area contributed by atoms with E-state index in [1.807, 2.05) is 0 Å². The fraction of sp³-hybridized carbons (Fsp3) is 0.214. The summed E-state index contributed by atoms with van der Waals surface area (Å²) in [4.78, 5) is 18.3. The minimum Gasteiger partial charge on any atom is -0.360 e. The van der Waals surface area contributed by atoms with Crippen LogP contribution in [0.5, 0.6) is 0 Å². The number of alkyl halides is 3. The van der Waals surface area contributed by atoms with Crippen LogP contribution in [0.3, 0.4) is 0 Å². The van der Waals surface area contributed by atoms with Crippen LogP contribution in [0.15, 0.2) is 35.3 Å². The lowest BCUT2D eigenvalue weighted by atomic mass is 10.0. The molecule has 0 aliphatic rings. The second-order valence-electron chi connectivity index (χ2n) is 5.36. The molecule has 1 atom stereocenters. The highest BCUT2D eigenvalue weighted by Gasteiger charge is 2.33. The van der Waals surface area contributed by atoms with E-state index in [4.69, 9.17) is 0 Å². The first-order valence-electron chi connectivity index (χ1n) is 7.15. The number of anilines is 1. The molecule has 26 heavy (non-hydrogen) atoms. The van der Waals surface area contributed by atoms with Crippen LogP contribution < -0.4 is 5.32 Å². The van der Waals surface area contributed by atoms with E-state index in [2.05, 4.69) is 36.3 Å². The first kappa shape index (κ1) is 18.0. The Balaban J connectivity index is 2.00. The highest BCUT2D eigenvalue weighted by atomic mass is 79.9. The van der Waals surface area contributed by atoms with Gasteiger partial charge in [-0.05, 0) is 34.5 Å². The van der Waals surface area contributed by atoms with Gasteiger partial charge in [0, 0.05) is 24.5 Å². The van der Waals surface area contributed by atoms with Gasteiger partial charge in [-0.15, -0.1) is 5.10 Å². The van der Waals surface area contributed by atoms with Crippen LogP contribution in [0.1, 0.15) is 24.1 Å². The first-order valence-corrected chi connectivity index (χ1v) is 7.94. The summed E-state index contributed by atoms with van der Waals surface area (Å²) in [7, 11) is 0. The molecule has 12 heteroatoms. The normalized spacial score (nSPS) is 13.0. The Morgan fingerprint density at radius 1 is 1.35 bits per heavy atom. The van der Waals surface area contributed by atoms with Gasteiger partial charge in [0.2, 0.25) is 4.73 Å². The summed E-state index contributed by atoms with van der Waals surface area (Å²) in [5, 5.41) is 17.9. The van der Waals surface area contributed by atoms with Crippen molar-refractivity contribution in [2.24, 2.45) is 0 Å². The Kier molecular flexibility index (Phi) is 4.52. The summed E-state index contributed by atoms with van der Waals surface area (Å²) in [5.74, 6) is 0.276. The number of benzene rings is 1. The van der Waals surface area contributed by atoms with E-state index in [0.717, 1.165) is 12.1 Å². The Morgan fingerprint density at radius 3 is 2.73 bits per heavy atom. The molecule has 0 amide bonds. The van der Waals surface area contributed by atoms with Gasteiger partial charge in [0.1, 0.15) is 0 Å². The lowest BCUT2D eigenvalue weighted by molar-refractivity contribution is -0.385. The van der Waals surface area contributed by atoms with Crippen molar-refractivity contribution in [3.63, 3.8) is 0 Å². The minimum absolute atomic E-state index is 0.0916. The number of non-ortho nitro benzene ring substituents is 1. The molecule has 0 spiro atoms. The van der Waals surface area contributed by atoms with Crippen LogP contribution >= 0.6 is 15.9 Å². The molecule has 0 aliphatic heterocycles. The van der Waals surface area contributed by atoms with Crippen molar-refractivity contribution >= 4 is 33.1 Å².